The van der Waals surface area contributed by atoms with Crippen LogP contribution in [0.2, 0.25) is 0 Å². The third-order valence-electron chi connectivity index (χ3n) is 2.30. The second-order valence-electron chi connectivity index (χ2n) is 3.78. The molecule has 0 aliphatic heterocycles. The first-order valence-electron chi connectivity index (χ1n) is 5.19. The molecule has 0 radical (unpaired) electrons. The predicted molar refractivity (Wildman–Crippen MR) is 66.5 cm³/mol. The normalized spacial score (nSPS) is 9.94. The van der Waals surface area contributed by atoms with Crippen LogP contribution in [-0.4, -0.2) is 5.97 Å². The third kappa shape index (κ3) is 2.83. The lowest BCUT2D eigenvalue weighted by Gasteiger charge is -2.10. The smallest absolute Gasteiger partial charge is 0.335 e. The van der Waals surface area contributed by atoms with Crippen molar-refractivity contribution < 1.29 is 9.53 Å². The summed E-state index contributed by atoms with van der Waals surface area (Å²) in [7, 11) is 0. The average Bonchev–Trinajstić information content (AvgIpc) is 2.28. The van der Waals surface area contributed by atoms with Crippen LogP contribution in [0.1, 0.15) is 30.9 Å². The van der Waals surface area contributed by atoms with Crippen molar-refractivity contribution in [2.24, 2.45) is 0 Å². The van der Waals surface area contributed by atoms with Gasteiger partial charge in [0.2, 0.25) is 0 Å². The maximum atomic E-state index is 11.2. The van der Waals surface area contributed by atoms with Crippen LogP contribution in [0.25, 0.3) is 6.08 Å². The van der Waals surface area contributed by atoms with Crippen molar-refractivity contribution in [2.75, 3.05) is 0 Å². The highest BCUT2D eigenvalue weighted by Crippen LogP contribution is 2.25. The summed E-state index contributed by atoms with van der Waals surface area (Å²) in [4.78, 5) is 11.2. The standard InChI is InChI=1S/C14H16O2/c1-5-11-7-8-12(10(3)4)9-13(11)16-14(15)6-2/h5-10H,1-2H2,3-4H3. The first-order chi connectivity index (χ1) is 7.58. The predicted octanol–water partition coefficient (Wildman–Crippen LogP) is 3.54. The molecule has 0 N–H and O–H groups in total. The lowest BCUT2D eigenvalue weighted by atomic mass is 10.0. The van der Waals surface area contributed by atoms with Gasteiger partial charge in [-0.3, -0.25) is 0 Å². The highest BCUT2D eigenvalue weighted by Gasteiger charge is 2.07. The SMILES string of the molecule is C=CC(=O)Oc1cc(C(C)C)ccc1C=C. The fourth-order valence-corrected chi connectivity index (χ4v) is 1.32. The Morgan fingerprint density at radius 3 is 2.56 bits per heavy atom. The first-order valence-corrected chi connectivity index (χ1v) is 5.19. The maximum absolute atomic E-state index is 11.2. The molecule has 84 valence electrons. The second-order valence-corrected chi connectivity index (χ2v) is 3.78. The maximum Gasteiger partial charge on any atom is 0.335 e. The number of carbonyl (C=O) groups is 1. The fourth-order valence-electron chi connectivity index (χ4n) is 1.32. The molecule has 0 aliphatic rings. The molecule has 0 bridgehead atoms. The Balaban J connectivity index is 3.11. The Morgan fingerprint density at radius 1 is 1.38 bits per heavy atom. The van der Waals surface area contributed by atoms with E-state index in [0.29, 0.717) is 11.7 Å². The number of rotatable bonds is 4. The van der Waals surface area contributed by atoms with Crippen molar-refractivity contribution in [3.63, 3.8) is 0 Å². The second kappa shape index (κ2) is 5.31. The summed E-state index contributed by atoms with van der Waals surface area (Å²) in [5.41, 5.74) is 1.93. The van der Waals surface area contributed by atoms with Gasteiger partial charge in [-0.05, 0) is 17.5 Å². The van der Waals surface area contributed by atoms with E-state index in [2.05, 4.69) is 27.0 Å². The number of benzene rings is 1. The average molecular weight is 216 g/mol. The summed E-state index contributed by atoms with van der Waals surface area (Å²) in [6.07, 6.45) is 2.81. The molecule has 1 aromatic rings. The zero-order valence-corrected chi connectivity index (χ0v) is 9.69. The van der Waals surface area contributed by atoms with Gasteiger partial charge >= 0.3 is 5.97 Å². The van der Waals surface area contributed by atoms with Crippen LogP contribution in [0.3, 0.4) is 0 Å². The van der Waals surface area contributed by atoms with Crippen molar-refractivity contribution in [3.8, 4) is 5.75 Å². The van der Waals surface area contributed by atoms with Gasteiger partial charge in [0.25, 0.3) is 0 Å². The van der Waals surface area contributed by atoms with Crippen molar-refractivity contribution >= 4 is 12.0 Å². The van der Waals surface area contributed by atoms with Crippen LogP contribution in [0.4, 0.5) is 0 Å². The van der Waals surface area contributed by atoms with E-state index in [1.807, 2.05) is 18.2 Å². The number of hydrogen-bond donors (Lipinski definition) is 0. The van der Waals surface area contributed by atoms with E-state index < -0.39 is 5.97 Å². The number of ether oxygens (including phenoxy) is 1. The molecule has 2 nitrogen and oxygen atoms in total. The molecule has 0 aliphatic carbocycles. The molecule has 2 heteroatoms. The van der Waals surface area contributed by atoms with Gasteiger partial charge in [-0.25, -0.2) is 4.79 Å². The molecule has 0 spiro atoms. The van der Waals surface area contributed by atoms with E-state index in [1.54, 1.807) is 6.08 Å². The highest BCUT2D eigenvalue weighted by atomic mass is 16.5. The topological polar surface area (TPSA) is 26.3 Å². The summed E-state index contributed by atoms with van der Waals surface area (Å²) in [6, 6.07) is 5.77. The first kappa shape index (κ1) is 12.2. The largest absolute Gasteiger partial charge is 0.423 e. The van der Waals surface area contributed by atoms with Gasteiger partial charge in [0.1, 0.15) is 5.75 Å². The van der Waals surface area contributed by atoms with E-state index in [-0.39, 0.29) is 0 Å². The summed E-state index contributed by atoms with van der Waals surface area (Å²) in [5.74, 6) is 0.468. The van der Waals surface area contributed by atoms with Gasteiger partial charge < -0.3 is 4.74 Å². The lowest BCUT2D eigenvalue weighted by molar-refractivity contribution is -0.128. The van der Waals surface area contributed by atoms with Crippen molar-refractivity contribution in [1.82, 2.24) is 0 Å². The highest BCUT2D eigenvalue weighted by molar-refractivity contribution is 5.84. The van der Waals surface area contributed by atoms with Crippen molar-refractivity contribution in [1.29, 1.82) is 0 Å². The molecule has 0 fully saturated rings. The molecule has 16 heavy (non-hydrogen) atoms. The Hall–Kier alpha value is -1.83. The van der Waals surface area contributed by atoms with Crippen LogP contribution in [-0.2, 0) is 4.79 Å². The Bertz CT molecular complexity index is 417. The monoisotopic (exact) mass is 216 g/mol. The molecule has 0 amide bonds. The van der Waals surface area contributed by atoms with Gasteiger partial charge in [-0.1, -0.05) is 45.2 Å². The molecule has 0 unspecified atom stereocenters. The van der Waals surface area contributed by atoms with E-state index in [1.165, 1.54) is 0 Å². The summed E-state index contributed by atoms with van der Waals surface area (Å²) in [5, 5.41) is 0. The van der Waals surface area contributed by atoms with Gasteiger partial charge in [0, 0.05) is 11.6 Å². The zero-order valence-electron chi connectivity index (χ0n) is 9.69. The van der Waals surface area contributed by atoms with Crippen LogP contribution < -0.4 is 4.74 Å². The van der Waals surface area contributed by atoms with E-state index in [0.717, 1.165) is 17.2 Å². The van der Waals surface area contributed by atoms with Gasteiger partial charge in [-0.15, -0.1) is 0 Å². The molecule has 0 saturated heterocycles. The third-order valence-corrected chi connectivity index (χ3v) is 2.30. The number of esters is 1. The van der Waals surface area contributed by atoms with Crippen molar-refractivity contribution in [2.45, 2.75) is 19.8 Å². The molecular weight excluding hydrogens is 200 g/mol. The Labute approximate surface area is 96.2 Å². The van der Waals surface area contributed by atoms with Crippen molar-refractivity contribution in [3.05, 3.63) is 48.6 Å². The molecule has 0 saturated carbocycles. The molecule has 0 atom stereocenters. The zero-order chi connectivity index (χ0) is 12.1. The summed E-state index contributed by atoms with van der Waals surface area (Å²) in [6.45, 7) is 11.2. The lowest BCUT2D eigenvalue weighted by Crippen LogP contribution is -2.05. The van der Waals surface area contributed by atoms with Gasteiger partial charge in [-0.2, -0.15) is 0 Å². The van der Waals surface area contributed by atoms with E-state index in [4.69, 9.17) is 4.74 Å². The van der Waals surface area contributed by atoms with E-state index in [9.17, 15) is 4.79 Å². The minimum atomic E-state index is -0.455. The Kier molecular flexibility index (Phi) is 4.06. The fraction of sp³-hybridized carbons (Fsp3) is 0.214. The van der Waals surface area contributed by atoms with Gasteiger partial charge in [0.15, 0.2) is 0 Å². The molecular formula is C14H16O2. The number of carbonyl (C=O) groups excluding carboxylic acids is 1. The molecule has 0 heterocycles. The summed E-state index contributed by atoms with van der Waals surface area (Å²) < 4.78 is 5.15. The molecule has 1 rings (SSSR count). The Morgan fingerprint density at radius 2 is 2.06 bits per heavy atom. The van der Waals surface area contributed by atoms with E-state index >= 15 is 0 Å². The van der Waals surface area contributed by atoms with Crippen LogP contribution >= 0.6 is 0 Å². The van der Waals surface area contributed by atoms with Gasteiger partial charge in [0.05, 0.1) is 0 Å². The molecule has 1 aromatic carbocycles. The summed E-state index contributed by atoms with van der Waals surface area (Å²) >= 11 is 0. The van der Waals surface area contributed by atoms with Crippen LogP contribution in [0, 0.1) is 0 Å². The molecule has 0 aromatic heterocycles. The van der Waals surface area contributed by atoms with Crippen LogP contribution in [0.15, 0.2) is 37.4 Å². The van der Waals surface area contributed by atoms with Crippen LogP contribution in [0.5, 0.6) is 5.75 Å². The minimum Gasteiger partial charge on any atom is -0.423 e. The minimum absolute atomic E-state index is 0.389. The quantitative estimate of drug-likeness (QED) is 0.437. The number of hydrogen-bond acceptors (Lipinski definition) is 2.